The predicted molar refractivity (Wildman–Crippen MR) is 141 cm³/mol. The molecular formula is C27H42N4O2S. The van der Waals surface area contributed by atoms with Gasteiger partial charge in [-0.3, -0.25) is 9.59 Å². The second kappa shape index (κ2) is 13.2. The summed E-state index contributed by atoms with van der Waals surface area (Å²) in [7, 11) is 0. The lowest BCUT2D eigenvalue weighted by molar-refractivity contribution is -0.141. The lowest BCUT2D eigenvalue weighted by Gasteiger charge is -2.41. The molecule has 2 atom stereocenters. The molecule has 188 valence electrons. The van der Waals surface area contributed by atoms with Gasteiger partial charge in [0.05, 0.1) is 17.0 Å². The maximum absolute atomic E-state index is 14.0. The number of primary amides is 1. The van der Waals surface area contributed by atoms with E-state index >= 15 is 0 Å². The molecule has 0 radical (unpaired) electrons. The molecule has 1 heterocycles. The summed E-state index contributed by atoms with van der Waals surface area (Å²) >= 11 is 1.37. The molecule has 6 nitrogen and oxygen atoms in total. The van der Waals surface area contributed by atoms with E-state index in [0.717, 1.165) is 62.6 Å². The van der Waals surface area contributed by atoms with Gasteiger partial charge in [0.2, 0.25) is 11.8 Å². The number of hydrogen-bond acceptors (Lipinski definition) is 4. The number of H-pyrrole nitrogens is 1. The molecule has 2 aromatic rings. The molecule has 1 aromatic heterocycles. The highest BCUT2D eigenvalue weighted by Gasteiger charge is 2.51. The minimum absolute atomic E-state index is 0.107. The third kappa shape index (κ3) is 6.55. The van der Waals surface area contributed by atoms with Crippen LogP contribution in [0.25, 0.3) is 11.0 Å². The summed E-state index contributed by atoms with van der Waals surface area (Å²) in [5.41, 5.74) is 7.87. The molecule has 1 aliphatic carbocycles. The number of amides is 2. The number of thioether (sulfide) groups is 1. The van der Waals surface area contributed by atoms with Gasteiger partial charge >= 0.3 is 0 Å². The summed E-state index contributed by atoms with van der Waals surface area (Å²) in [6.45, 7) is 5.94. The second-order valence-electron chi connectivity index (χ2n) is 9.66. The van der Waals surface area contributed by atoms with E-state index in [1.807, 2.05) is 29.2 Å². The zero-order valence-electron chi connectivity index (χ0n) is 21.0. The molecule has 34 heavy (non-hydrogen) atoms. The van der Waals surface area contributed by atoms with Gasteiger partial charge in [0.15, 0.2) is 5.16 Å². The summed E-state index contributed by atoms with van der Waals surface area (Å²) < 4.78 is -0.964. The van der Waals surface area contributed by atoms with Gasteiger partial charge < -0.3 is 15.6 Å². The highest BCUT2D eigenvalue weighted by Crippen LogP contribution is 2.47. The van der Waals surface area contributed by atoms with Gasteiger partial charge in [-0.15, -0.1) is 0 Å². The van der Waals surface area contributed by atoms with Crippen molar-refractivity contribution in [2.24, 2.45) is 11.7 Å². The van der Waals surface area contributed by atoms with Gasteiger partial charge in [-0.05, 0) is 37.8 Å². The molecule has 1 aliphatic rings. The number of nitrogens with two attached hydrogens (primary N) is 1. The topological polar surface area (TPSA) is 92.1 Å². The predicted octanol–water partition coefficient (Wildman–Crippen LogP) is 6.06. The van der Waals surface area contributed by atoms with Crippen LogP contribution in [0.5, 0.6) is 0 Å². The summed E-state index contributed by atoms with van der Waals surface area (Å²) in [4.78, 5) is 37.1. The maximum atomic E-state index is 14.0. The quantitative estimate of drug-likeness (QED) is 0.318. The van der Waals surface area contributed by atoms with E-state index in [1.54, 1.807) is 0 Å². The Labute approximate surface area is 208 Å². The van der Waals surface area contributed by atoms with E-state index in [4.69, 9.17) is 5.73 Å². The summed E-state index contributed by atoms with van der Waals surface area (Å²) in [6.07, 6.45) is 12.2. The second-order valence-corrected chi connectivity index (χ2v) is 11.0. The minimum atomic E-state index is -0.964. The number of carbonyl (C=O) groups is 2. The van der Waals surface area contributed by atoms with Crippen LogP contribution >= 0.6 is 11.8 Å². The number of hydrogen-bond donors (Lipinski definition) is 2. The summed E-state index contributed by atoms with van der Waals surface area (Å²) in [6, 6.07) is 7.83. The van der Waals surface area contributed by atoms with Crippen LogP contribution in [-0.2, 0) is 9.59 Å². The first-order chi connectivity index (χ1) is 16.5. The Hall–Kier alpha value is -2.02. The van der Waals surface area contributed by atoms with Crippen molar-refractivity contribution in [2.45, 2.75) is 101 Å². The molecule has 2 amide bonds. The van der Waals surface area contributed by atoms with Gasteiger partial charge in [-0.25, -0.2) is 4.98 Å². The molecule has 0 saturated heterocycles. The number of imidazole rings is 1. The number of aromatic amines is 1. The van der Waals surface area contributed by atoms with Crippen LogP contribution < -0.4 is 5.73 Å². The van der Waals surface area contributed by atoms with Gasteiger partial charge in [0.1, 0.15) is 4.75 Å². The third-order valence-electron chi connectivity index (χ3n) is 7.09. The Morgan fingerprint density at radius 3 is 2.35 bits per heavy atom. The third-order valence-corrected chi connectivity index (χ3v) is 8.53. The standard InChI is InChI=1S/C27H42N4O2S/c1-3-5-7-13-19-31(20-14-8-6-4-2)24(32)21-15-11-12-18-27(21,25(28)33)34-26-29-22-16-9-10-17-23(22)30-26/h9-10,16-17,21H,3-8,11-15,18-20H2,1-2H3,(H2,28,33)(H,29,30). The lowest BCUT2D eigenvalue weighted by Crippen LogP contribution is -2.55. The van der Waals surface area contributed by atoms with E-state index in [1.165, 1.54) is 37.4 Å². The first-order valence-electron chi connectivity index (χ1n) is 13.2. The van der Waals surface area contributed by atoms with Gasteiger partial charge in [-0.1, -0.05) is 89.1 Å². The molecule has 0 bridgehead atoms. The Morgan fingerprint density at radius 2 is 1.74 bits per heavy atom. The molecule has 1 saturated carbocycles. The van der Waals surface area contributed by atoms with Crippen LogP contribution in [0.15, 0.2) is 29.4 Å². The number of fused-ring (bicyclic) bond motifs is 1. The number of aromatic nitrogens is 2. The first-order valence-corrected chi connectivity index (χ1v) is 14.1. The molecular weight excluding hydrogens is 444 g/mol. The molecule has 7 heteroatoms. The van der Waals surface area contributed by atoms with Crippen LogP contribution in [-0.4, -0.2) is 44.5 Å². The SMILES string of the molecule is CCCCCCN(CCCCCC)C(=O)C1CCCCC1(Sc1nc2ccccc2[nH]1)C(N)=O. The van der Waals surface area contributed by atoms with Crippen molar-refractivity contribution >= 4 is 34.6 Å². The fourth-order valence-electron chi connectivity index (χ4n) is 5.10. The molecule has 3 rings (SSSR count). The number of carbonyl (C=O) groups excluding carboxylic acids is 2. The Morgan fingerprint density at radius 1 is 1.06 bits per heavy atom. The average molecular weight is 487 g/mol. The smallest absolute Gasteiger partial charge is 0.234 e. The Kier molecular flexibility index (Phi) is 10.3. The zero-order chi connectivity index (χ0) is 24.4. The van der Waals surface area contributed by atoms with Crippen molar-refractivity contribution in [2.75, 3.05) is 13.1 Å². The average Bonchev–Trinajstić information content (AvgIpc) is 3.25. The highest BCUT2D eigenvalue weighted by atomic mass is 32.2. The van der Waals surface area contributed by atoms with Crippen LogP contribution in [0.4, 0.5) is 0 Å². The van der Waals surface area contributed by atoms with Crippen molar-refractivity contribution in [1.29, 1.82) is 0 Å². The van der Waals surface area contributed by atoms with E-state index in [9.17, 15) is 9.59 Å². The fraction of sp³-hybridized carbons (Fsp3) is 0.667. The van der Waals surface area contributed by atoms with E-state index < -0.39 is 16.6 Å². The summed E-state index contributed by atoms with van der Waals surface area (Å²) in [5.74, 6) is -0.697. The van der Waals surface area contributed by atoms with Crippen molar-refractivity contribution in [3.05, 3.63) is 24.3 Å². The number of rotatable bonds is 14. The monoisotopic (exact) mass is 486 g/mol. The number of nitrogens with zero attached hydrogens (tertiary/aromatic N) is 2. The summed E-state index contributed by atoms with van der Waals surface area (Å²) in [5, 5.41) is 0.664. The van der Waals surface area contributed by atoms with E-state index in [2.05, 4.69) is 23.8 Å². The van der Waals surface area contributed by atoms with Crippen molar-refractivity contribution in [3.8, 4) is 0 Å². The number of para-hydroxylation sites is 2. The van der Waals surface area contributed by atoms with Crippen LogP contribution in [0.3, 0.4) is 0 Å². The van der Waals surface area contributed by atoms with Crippen LogP contribution in [0.2, 0.25) is 0 Å². The van der Waals surface area contributed by atoms with Gasteiger partial charge in [-0.2, -0.15) is 0 Å². The fourth-order valence-corrected chi connectivity index (χ4v) is 6.45. The van der Waals surface area contributed by atoms with Crippen molar-refractivity contribution in [1.82, 2.24) is 14.9 Å². The van der Waals surface area contributed by atoms with E-state index in [0.29, 0.717) is 18.0 Å². The van der Waals surface area contributed by atoms with Crippen LogP contribution in [0, 0.1) is 5.92 Å². The molecule has 1 fully saturated rings. The maximum Gasteiger partial charge on any atom is 0.234 e. The highest BCUT2D eigenvalue weighted by molar-refractivity contribution is 8.01. The molecule has 0 aliphatic heterocycles. The molecule has 0 spiro atoms. The Balaban J connectivity index is 1.82. The van der Waals surface area contributed by atoms with Crippen molar-refractivity contribution in [3.63, 3.8) is 0 Å². The normalized spacial score (nSPS) is 20.5. The molecule has 3 N–H and O–H groups in total. The zero-order valence-corrected chi connectivity index (χ0v) is 21.8. The number of benzene rings is 1. The van der Waals surface area contributed by atoms with Crippen molar-refractivity contribution < 1.29 is 9.59 Å². The molecule has 1 aromatic carbocycles. The van der Waals surface area contributed by atoms with Gasteiger partial charge in [0.25, 0.3) is 0 Å². The van der Waals surface area contributed by atoms with Crippen LogP contribution in [0.1, 0.15) is 90.9 Å². The molecule has 2 unspecified atom stereocenters. The Bertz CT molecular complexity index is 885. The number of unbranched alkanes of at least 4 members (excludes halogenated alkanes) is 6. The largest absolute Gasteiger partial charge is 0.368 e. The lowest BCUT2D eigenvalue weighted by atomic mass is 9.77. The van der Waals surface area contributed by atoms with E-state index in [-0.39, 0.29) is 5.91 Å². The minimum Gasteiger partial charge on any atom is -0.368 e. The first kappa shape index (κ1) is 26.6. The van der Waals surface area contributed by atoms with Gasteiger partial charge in [0, 0.05) is 13.1 Å². The number of nitrogens with one attached hydrogen (secondary N) is 1.